The molecule has 4 rings (SSSR count). The summed E-state index contributed by atoms with van der Waals surface area (Å²) in [5.74, 6) is -0.513. The minimum absolute atomic E-state index is 0.251. The van der Waals surface area contributed by atoms with Crippen LogP contribution in [0.5, 0.6) is 0 Å². The number of nitrogens with one attached hydrogen (secondary N) is 3. The lowest BCUT2D eigenvalue weighted by molar-refractivity contribution is -0.118. The number of benzene rings is 3. The molecule has 1 aromatic heterocycles. The maximum atomic E-state index is 13.1. The molecule has 3 aromatic carbocycles. The van der Waals surface area contributed by atoms with Crippen LogP contribution in [0.1, 0.15) is 15.2 Å². The SMILES string of the molecule is O=C(N[C@@H](Cc1ccccc1)C(=O)Nc1ccc(Nc2ccccc2)cc1)c1cccs1. The van der Waals surface area contributed by atoms with E-state index in [0.717, 1.165) is 16.9 Å². The van der Waals surface area contributed by atoms with Gasteiger partial charge < -0.3 is 16.0 Å². The minimum Gasteiger partial charge on any atom is -0.356 e. The Labute approximate surface area is 191 Å². The van der Waals surface area contributed by atoms with Crippen molar-refractivity contribution in [2.75, 3.05) is 10.6 Å². The van der Waals surface area contributed by atoms with E-state index in [1.54, 1.807) is 6.07 Å². The summed E-state index contributed by atoms with van der Waals surface area (Å²) in [5.41, 5.74) is 3.54. The highest BCUT2D eigenvalue weighted by Crippen LogP contribution is 2.19. The van der Waals surface area contributed by atoms with Crippen LogP contribution in [0, 0.1) is 0 Å². The number of anilines is 3. The highest BCUT2D eigenvalue weighted by atomic mass is 32.1. The topological polar surface area (TPSA) is 70.2 Å². The van der Waals surface area contributed by atoms with Crippen LogP contribution in [0.15, 0.2) is 102 Å². The van der Waals surface area contributed by atoms with Gasteiger partial charge in [-0.15, -0.1) is 11.3 Å². The van der Waals surface area contributed by atoms with Gasteiger partial charge in [0.05, 0.1) is 4.88 Å². The second-order valence-electron chi connectivity index (χ2n) is 7.25. The van der Waals surface area contributed by atoms with Crippen LogP contribution in [0.4, 0.5) is 17.1 Å². The molecule has 4 aromatic rings. The molecule has 2 amide bonds. The lowest BCUT2D eigenvalue weighted by atomic mass is 10.0. The first kappa shape index (κ1) is 21.3. The third-order valence-corrected chi connectivity index (χ3v) is 5.73. The van der Waals surface area contributed by atoms with Gasteiger partial charge >= 0.3 is 0 Å². The molecule has 0 aliphatic heterocycles. The molecule has 6 heteroatoms. The molecular weight excluding hydrogens is 418 g/mol. The van der Waals surface area contributed by atoms with Gasteiger partial charge in [0.25, 0.3) is 5.91 Å². The van der Waals surface area contributed by atoms with Gasteiger partial charge in [0.2, 0.25) is 5.91 Å². The first-order valence-electron chi connectivity index (χ1n) is 10.3. The Bertz CT molecular complexity index is 1140. The van der Waals surface area contributed by atoms with Crippen molar-refractivity contribution in [3.8, 4) is 0 Å². The van der Waals surface area contributed by atoms with Crippen molar-refractivity contribution >= 4 is 40.2 Å². The summed E-state index contributed by atoms with van der Waals surface area (Å²) in [4.78, 5) is 26.2. The van der Waals surface area contributed by atoms with Gasteiger partial charge in [-0.25, -0.2) is 0 Å². The van der Waals surface area contributed by atoms with Crippen molar-refractivity contribution in [1.29, 1.82) is 0 Å². The van der Waals surface area contributed by atoms with Gasteiger partial charge in [-0.2, -0.15) is 0 Å². The van der Waals surface area contributed by atoms with E-state index < -0.39 is 6.04 Å². The normalized spacial score (nSPS) is 11.4. The van der Waals surface area contributed by atoms with Crippen molar-refractivity contribution in [2.24, 2.45) is 0 Å². The van der Waals surface area contributed by atoms with Crippen LogP contribution in [-0.2, 0) is 11.2 Å². The van der Waals surface area contributed by atoms with Gasteiger partial charge in [0.1, 0.15) is 6.04 Å². The maximum absolute atomic E-state index is 13.1. The maximum Gasteiger partial charge on any atom is 0.262 e. The molecule has 1 heterocycles. The summed E-state index contributed by atoms with van der Waals surface area (Å²) in [7, 11) is 0. The van der Waals surface area contributed by atoms with E-state index in [9.17, 15) is 9.59 Å². The molecule has 0 spiro atoms. The van der Waals surface area contributed by atoms with Crippen molar-refractivity contribution in [3.63, 3.8) is 0 Å². The van der Waals surface area contributed by atoms with Crippen LogP contribution < -0.4 is 16.0 Å². The van der Waals surface area contributed by atoms with Crippen LogP contribution in [0.25, 0.3) is 0 Å². The van der Waals surface area contributed by atoms with E-state index in [1.165, 1.54) is 11.3 Å². The predicted octanol–water partition coefficient (Wildman–Crippen LogP) is 5.47. The largest absolute Gasteiger partial charge is 0.356 e. The average molecular weight is 442 g/mol. The van der Waals surface area contributed by atoms with Crippen molar-refractivity contribution in [1.82, 2.24) is 5.32 Å². The first-order valence-corrected chi connectivity index (χ1v) is 11.2. The Kier molecular flexibility index (Phi) is 6.94. The van der Waals surface area contributed by atoms with Gasteiger partial charge in [0, 0.05) is 23.5 Å². The third-order valence-electron chi connectivity index (χ3n) is 4.86. The quantitative estimate of drug-likeness (QED) is 0.339. The van der Waals surface area contributed by atoms with E-state index in [1.807, 2.05) is 96.4 Å². The Hall–Kier alpha value is -3.90. The molecular formula is C26H23N3O2S. The van der Waals surface area contributed by atoms with E-state index in [2.05, 4.69) is 16.0 Å². The third kappa shape index (κ3) is 5.83. The molecule has 32 heavy (non-hydrogen) atoms. The summed E-state index contributed by atoms with van der Waals surface area (Å²) in [6, 6.07) is 29.9. The Morgan fingerprint density at radius 2 is 1.34 bits per heavy atom. The fourth-order valence-electron chi connectivity index (χ4n) is 3.25. The first-order chi connectivity index (χ1) is 15.7. The highest BCUT2D eigenvalue weighted by Gasteiger charge is 2.22. The Morgan fingerprint density at radius 3 is 2.00 bits per heavy atom. The molecule has 0 aliphatic rings. The minimum atomic E-state index is -0.700. The number of rotatable bonds is 8. The zero-order valence-corrected chi connectivity index (χ0v) is 18.1. The molecule has 0 saturated carbocycles. The fraction of sp³-hybridized carbons (Fsp3) is 0.0769. The zero-order chi connectivity index (χ0) is 22.2. The van der Waals surface area contributed by atoms with Gasteiger partial charge in [0.15, 0.2) is 0 Å². The molecule has 0 fully saturated rings. The van der Waals surface area contributed by atoms with Crippen molar-refractivity contribution < 1.29 is 9.59 Å². The molecule has 5 nitrogen and oxygen atoms in total. The van der Waals surface area contributed by atoms with E-state index in [4.69, 9.17) is 0 Å². The number of hydrogen-bond donors (Lipinski definition) is 3. The highest BCUT2D eigenvalue weighted by molar-refractivity contribution is 7.12. The van der Waals surface area contributed by atoms with E-state index in [-0.39, 0.29) is 11.8 Å². The molecule has 0 aliphatic carbocycles. The predicted molar refractivity (Wildman–Crippen MR) is 131 cm³/mol. The van der Waals surface area contributed by atoms with Crippen LogP contribution >= 0.6 is 11.3 Å². The van der Waals surface area contributed by atoms with Crippen LogP contribution in [0.3, 0.4) is 0 Å². The van der Waals surface area contributed by atoms with Gasteiger partial charge in [-0.05, 0) is 53.4 Å². The molecule has 1 atom stereocenters. The molecule has 0 radical (unpaired) electrons. The number of hydrogen-bond acceptors (Lipinski definition) is 4. The van der Waals surface area contributed by atoms with Crippen molar-refractivity contribution in [2.45, 2.75) is 12.5 Å². The summed E-state index contributed by atoms with van der Waals surface area (Å²) in [6.45, 7) is 0. The van der Waals surface area contributed by atoms with E-state index in [0.29, 0.717) is 17.0 Å². The number of thiophene rings is 1. The van der Waals surface area contributed by atoms with Crippen LogP contribution in [-0.4, -0.2) is 17.9 Å². The second-order valence-corrected chi connectivity index (χ2v) is 8.20. The standard InChI is InChI=1S/C26H23N3O2S/c30-25(28-22-15-13-21(14-16-22)27-20-10-5-2-6-11-20)23(18-19-8-3-1-4-9-19)29-26(31)24-12-7-17-32-24/h1-17,23,27H,18H2,(H,28,30)(H,29,31)/t23-/m0/s1. The van der Waals surface area contributed by atoms with E-state index >= 15 is 0 Å². The number of para-hydroxylation sites is 1. The lowest BCUT2D eigenvalue weighted by Gasteiger charge is -2.18. The summed E-state index contributed by atoms with van der Waals surface area (Å²) in [6.07, 6.45) is 0.400. The smallest absolute Gasteiger partial charge is 0.262 e. The lowest BCUT2D eigenvalue weighted by Crippen LogP contribution is -2.45. The molecule has 0 saturated heterocycles. The molecule has 160 valence electrons. The Morgan fingerprint density at radius 1 is 0.719 bits per heavy atom. The molecule has 3 N–H and O–H groups in total. The second kappa shape index (κ2) is 10.4. The number of carbonyl (C=O) groups is 2. The molecule has 0 unspecified atom stereocenters. The van der Waals surface area contributed by atoms with Gasteiger partial charge in [-0.1, -0.05) is 54.6 Å². The average Bonchev–Trinajstić information content (AvgIpc) is 3.36. The summed E-state index contributed by atoms with van der Waals surface area (Å²) in [5, 5.41) is 11.0. The molecule has 0 bridgehead atoms. The summed E-state index contributed by atoms with van der Waals surface area (Å²) >= 11 is 1.35. The fourth-order valence-corrected chi connectivity index (χ4v) is 3.88. The Balaban J connectivity index is 1.44. The van der Waals surface area contributed by atoms with Gasteiger partial charge in [-0.3, -0.25) is 9.59 Å². The summed E-state index contributed by atoms with van der Waals surface area (Å²) < 4.78 is 0. The monoisotopic (exact) mass is 441 g/mol. The van der Waals surface area contributed by atoms with Crippen molar-refractivity contribution in [3.05, 3.63) is 113 Å². The van der Waals surface area contributed by atoms with Crippen LogP contribution in [0.2, 0.25) is 0 Å². The number of carbonyl (C=O) groups excluding carboxylic acids is 2. The number of amides is 2. The zero-order valence-electron chi connectivity index (χ0n) is 17.3.